The lowest BCUT2D eigenvalue weighted by atomic mass is 9.77. The van der Waals surface area contributed by atoms with Crippen LogP contribution in [0.2, 0.25) is 0 Å². The molecule has 0 saturated carbocycles. The number of ether oxygens (including phenoxy) is 1. The van der Waals surface area contributed by atoms with Crippen molar-refractivity contribution >= 4 is 12.6 Å². The minimum Gasteiger partial charge on any atom is -0.487 e. The molecule has 0 spiro atoms. The van der Waals surface area contributed by atoms with Gasteiger partial charge in [-0.3, -0.25) is 4.68 Å². The summed E-state index contributed by atoms with van der Waals surface area (Å²) in [6.45, 7) is 7.06. The third kappa shape index (κ3) is 3.21. The molecule has 0 unspecified atom stereocenters. The smallest absolute Gasteiger partial charge is 0.487 e. The Labute approximate surface area is 119 Å². The van der Waals surface area contributed by atoms with E-state index in [0.717, 1.165) is 23.5 Å². The zero-order chi connectivity index (χ0) is 14.7. The number of hydrogen-bond donors (Lipinski definition) is 2. The van der Waals surface area contributed by atoms with Gasteiger partial charge in [-0.25, -0.2) is 0 Å². The molecule has 0 radical (unpaired) electrons. The predicted octanol–water partition coefficient (Wildman–Crippen LogP) is 0.779. The fourth-order valence-electron chi connectivity index (χ4n) is 2.17. The number of benzene rings is 1. The topological polar surface area (TPSA) is 67.5 Å². The number of aryl methyl sites for hydroxylation is 3. The van der Waals surface area contributed by atoms with Crippen molar-refractivity contribution in [1.82, 2.24) is 9.78 Å². The van der Waals surface area contributed by atoms with Crippen LogP contribution in [0.3, 0.4) is 0 Å². The van der Waals surface area contributed by atoms with Crippen molar-refractivity contribution < 1.29 is 14.8 Å². The lowest BCUT2D eigenvalue weighted by molar-refractivity contribution is 0.292. The van der Waals surface area contributed by atoms with Gasteiger partial charge in [-0.05, 0) is 50.0 Å². The monoisotopic (exact) mass is 274 g/mol. The molecule has 1 heterocycles. The Morgan fingerprint density at radius 1 is 1.25 bits per heavy atom. The van der Waals surface area contributed by atoms with Crippen LogP contribution in [0.1, 0.15) is 23.9 Å². The highest BCUT2D eigenvalue weighted by molar-refractivity contribution is 6.59. The van der Waals surface area contributed by atoms with Crippen molar-refractivity contribution in [3.05, 3.63) is 41.2 Å². The van der Waals surface area contributed by atoms with Crippen LogP contribution in [-0.2, 0) is 13.2 Å². The van der Waals surface area contributed by atoms with Crippen molar-refractivity contribution in [2.45, 2.75) is 33.9 Å². The molecule has 5 nitrogen and oxygen atoms in total. The van der Waals surface area contributed by atoms with Crippen molar-refractivity contribution in [3.8, 4) is 5.75 Å². The van der Waals surface area contributed by atoms with Crippen LogP contribution < -0.4 is 10.2 Å². The van der Waals surface area contributed by atoms with E-state index in [1.54, 1.807) is 18.2 Å². The summed E-state index contributed by atoms with van der Waals surface area (Å²) in [6.07, 6.45) is 0. The summed E-state index contributed by atoms with van der Waals surface area (Å²) in [5, 5.41) is 22.7. The van der Waals surface area contributed by atoms with E-state index in [-0.39, 0.29) is 0 Å². The van der Waals surface area contributed by atoms with E-state index in [1.807, 2.05) is 31.5 Å². The summed E-state index contributed by atoms with van der Waals surface area (Å²) >= 11 is 0. The Kier molecular flexibility index (Phi) is 4.47. The van der Waals surface area contributed by atoms with Gasteiger partial charge in [0, 0.05) is 6.54 Å². The van der Waals surface area contributed by atoms with Crippen LogP contribution >= 0.6 is 0 Å². The fraction of sp³-hybridized carbons (Fsp3) is 0.357. The summed E-state index contributed by atoms with van der Waals surface area (Å²) in [4.78, 5) is 0. The van der Waals surface area contributed by atoms with Gasteiger partial charge >= 0.3 is 7.12 Å². The molecule has 0 saturated heterocycles. The van der Waals surface area contributed by atoms with E-state index < -0.39 is 7.12 Å². The molecule has 0 atom stereocenters. The van der Waals surface area contributed by atoms with Gasteiger partial charge in [0.1, 0.15) is 12.4 Å². The minimum atomic E-state index is -1.45. The van der Waals surface area contributed by atoms with Crippen LogP contribution in [-0.4, -0.2) is 26.9 Å². The first-order valence-corrected chi connectivity index (χ1v) is 6.64. The molecule has 20 heavy (non-hydrogen) atoms. The highest BCUT2D eigenvalue weighted by Gasteiger charge is 2.14. The quantitative estimate of drug-likeness (QED) is 0.791. The molecule has 6 heteroatoms. The Balaban J connectivity index is 2.09. The molecular weight excluding hydrogens is 255 g/mol. The molecule has 2 rings (SSSR count). The Hall–Kier alpha value is -1.79. The molecule has 0 amide bonds. The average Bonchev–Trinajstić information content (AvgIpc) is 2.76. The SMILES string of the molecule is CCn1nc(C)cc1COc1ccc(B(O)O)c(C)c1. The molecule has 0 bridgehead atoms. The summed E-state index contributed by atoms with van der Waals surface area (Å²) in [6, 6.07) is 7.20. The van der Waals surface area contributed by atoms with Gasteiger partial charge in [-0.2, -0.15) is 5.10 Å². The number of aromatic nitrogens is 2. The lowest BCUT2D eigenvalue weighted by Gasteiger charge is -2.10. The number of rotatable bonds is 5. The minimum absolute atomic E-state index is 0.440. The number of nitrogens with zero attached hydrogens (tertiary/aromatic N) is 2. The third-order valence-electron chi connectivity index (χ3n) is 3.19. The maximum atomic E-state index is 9.18. The Morgan fingerprint density at radius 3 is 2.60 bits per heavy atom. The average molecular weight is 274 g/mol. The van der Waals surface area contributed by atoms with E-state index >= 15 is 0 Å². The molecule has 0 aliphatic heterocycles. The predicted molar refractivity (Wildman–Crippen MR) is 78.0 cm³/mol. The third-order valence-corrected chi connectivity index (χ3v) is 3.19. The maximum absolute atomic E-state index is 9.18. The zero-order valence-corrected chi connectivity index (χ0v) is 12.0. The molecule has 0 aliphatic rings. The largest absolute Gasteiger partial charge is 0.488 e. The van der Waals surface area contributed by atoms with Crippen molar-refractivity contribution in [2.75, 3.05) is 0 Å². The second-order valence-corrected chi connectivity index (χ2v) is 4.77. The first-order chi connectivity index (χ1) is 9.51. The molecular formula is C14H19BN2O3. The highest BCUT2D eigenvalue weighted by atomic mass is 16.5. The van der Waals surface area contributed by atoms with Crippen LogP contribution in [0.5, 0.6) is 5.75 Å². The van der Waals surface area contributed by atoms with Gasteiger partial charge in [-0.15, -0.1) is 0 Å². The van der Waals surface area contributed by atoms with Crippen molar-refractivity contribution in [1.29, 1.82) is 0 Å². The van der Waals surface area contributed by atoms with E-state index in [9.17, 15) is 10.0 Å². The summed E-state index contributed by atoms with van der Waals surface area (Å²) in [5.41, 5.74) is 3.28. The fourth-order valence-corrected chi connectivity index (χ4v) is 2.17. The molecule has 1 aromatic carbocycles. The second kappa shape index (κ2) is 6.11. The van der Waals surface area contributed by atoms with Gasteiger partial charge < -0.3 is 14.8 Å². The van der Waals surface area contributed by atoms with Crippen LogP contribution in [0.25, 0.3) is 0 Å². The summed E-state index contributed by atoms with van der Waals surface area (Å²) in [7, 11) is -1.45. The molecule has 0 fully saturated rings. The van der Waals surface area contributed by atoms with Crippen LogP contribution in [0, 0.1) is 13.8 Å². The molecule has 106 valence electrons. The van der Waals surface area contributed by atoms with Gasteiger partial charge in [0.25, 0.3) is 0 Å². The molecule has 2 aromatic rings. The summed E-state index contributed by atoms with van der Waals surface area (Å²) < 4.78 is 7.65. The van der Waals surface area contributed by atoms with Gasteiger partial charge in [0.05, 0.1) is 11.4 Å². The van der Waals surface area contributed by atoms with E-state index in [2.05, 4.69) is 5.10 Å². The van der Waals surface area contributed by atoms with Crippen molar-refractivity contribution in [2.24, 2.45) is 0 Å². The summed E-state index contributed by atoms with van der Waals surface area (Å²) in [5.74, 6) is 0.702. The van der Waals surface area contributed by atoms with Crippen LogP contribution in [0.15, 0.2) is 24.3 Å². The zero-order valence-electron chi connectivity index (χ0n) is 12.0. The van der Waals surface area contributed by atoms with E-state index in [0.29, 0.717) is 17.8 Å². The first-order valence-electron chi connectivity index (χ1n) is 6.64. The van der Waals surface area contributed by atoms with E-state index in [1.165, 1.54) is 0 Å². The van der Waals surface area contributed by atoms with Gasteiger partial charge in [-0.1, -0.05) is 6.07 Å². The second-order valence-electron chi connectivity index (χ2n) is 4.77. The maximum Gasteiger partial charge on any atom is 0.488 e. The highest BCUT2D eigenvalue weighted by Crippen LogP contribution is 2.14. The first kappa shape index (κ1) is 14.6. The Bertz CT molecular complexity index is 596. The van der Waals surface area contributed by atoms with Gasteiger partial charge in [0.15, 0.2) is 0 Å². The van der Waals surface area contributed by atoms with Gasteiger partial charge in [0.2, 0.25) is 0 Å². The molecule has 2 N–H and O–H groups in total. The van der Waals surface area contributed by atoms with Crippen molar-refractivity contribution in [3.63, 3.8) is 0 Å². The molecule has 1 aromatic heterocycles. The molecule has 0 aliphatic carbocycles. The lowest BCUT2D eigenvalue weighted by Crippen LogP contribution is -2.31. The standard InChI is InChI=1S/C14H19BN2O3/c1-4-17-12(8-11(3)16-17)9-20-13-5-6-14(15(18)19)10(2)7-13/h5-8,18-19H,4,9H2,1-3H3. The van der Waals surface area contributed by atoms with Crippen LogP contribution in [0.4, 0.5) is 0 Å². The normalized spacial score (nSPS) is 10.7. The van der Waals surface area contributed by atoms with E-state index in [4.69, 9.17) is 4.74 Å². The Morgan fingerprint density at radius 2 is 2.00 bits per heavy atom. The number of hydrogen-bond acceptors (Lipinski definition) is 4.